The molecule has 0 aromatic carbocycles. The van der Waals surface area contributed by atoms with Crippen LogP contribution >= 0.6 is 12.2 Å². The van der Waals surface area contributed by atoms with E-state index < -0.39 is 0 Å². The minimum Gasteiger partial charge on any atom is -0.362 e. The molecule has 0 bridgehead atoms. The summed E-state index contributed by atoms with van der Waals surface area (Å²) in [7, 11) is 0. The van der Waals surface area contributed by atoms with Gasteiger partial charge in [-0.1, -0.05) is 12.2 Å². The summed E-state index contributed by atoms with van der Waals surface area (Å²) < 4.78 is 0. The maximum absolute atomic E-state index is 5.60. The zero-order valence-corrected chi connectivity index (χ0v) is 10.5. The van der Waals surface area contributed by atoms with Crippen LogP contribution in [0.1, 0.15) is 24.8 Å². The molecule has 2 aromatic heterocycles. The summed E-state index contributed by atoms with van der Waals surface area (Å²) in [6.07, 6.45) is 7.61. The first-order valence-corrected chi connectivity index (χ1v) is 6.48. The average molecular weight is 245 g/mol. The third-order valence-corrected chi connectivity index (χ3v) is 3.80. The van der Waals surface area contributed by atoms with Gasteiger partial charge in [0.2, 0.25) is 0 Å². The molecule has 0 saturated carbocycles. The molecule has 0 aliphatic carbocycles. The summed E-state index contributed by atoms with van der Waals surface area (Å²) >= 11 is 5.60. The van der Waals surface area contributed by atoms with Crippen LogP contribution in [-0.4, -0.2) is 32.9 Å². The van der Waals surface area contributed by atoms with Crippen LogP contribution in [0.3, 0.4) is 0 Å². The predicted octanol–water partition coefficient (Wildman–Crippen LogP) is 2.72. The van der Waals surface area contributed by atoms with Crippen molar-refractivity contribution in [3.05, 3.63) is 30.1 Å². The standard InChI is InChI=1S/C13H15N3S/c17-13(16-7-2-1-3-8-16)11-9-15-12-10(11)5-4-6-14-12/h4-6,9H,1-3,7-8H2,(H,14,15). The van der Waals surface area contributed by atoms with Gasteiger partial charge < -0.3 is 9.88 Å². The van der Waals surface area contributed by atoms with Crippen LogP contribution in [0.2, 0.25) is 0 Å². The van der Waals surface area contributed by atoms with Gasteiger partial charge in [0.1, 0.15) is 10.6 Å². The van der Waals surface area contributed by atoms with E-state index in [4.69, 9.17) is 12.2 Å². The topological polar surface area (TPSA) is 31.9 Å². The Kier molecular flexibility index (Phi) is 2.81. The number of piperidine rings is 1. The SMILES string of the molecule is S=C(c1c[nH]c2ncccc12)N1CCCCC1. The van der Waals surface area contributed by atoms with Crippen LogP contribution in [0.4, 0.5) is 0 Å². The number of fused-ring (bicyclic) bond motifs is 1. The Balaban J connectivity index is 1.95. The summed E-state index contributed by atoms with van der Waals surface area (Å²) in [5.74, 6) is 0. The van der Waals surface area contributed by atoms with Gasteiger partial charge in [-0.05, 0) is 31.4 Å². The van der Waals surface area contributed by atoms with Gasteiger partial charge in [-0.25, -0.2) is 4.98 Å². The first kappa shape index (κ1) is 10.7. The van der Waals surface area contributed by atoms with E-state index in [1.165, 1.54) is 19.3 Å². The lowest BCUT2D eigenvalue weighted by atomic mass is 10.1. The molecule has 1 N–H and O–H groups in total. The maximum atomic E-state index is 5.60. The molecule has 1 saturated heterocycles. The van der Waals surface area contributed by atoms with E-state index in [0.29, 0.717) is 0 Å². The van der Waals surface area contributed by atoms with Crippen molar-refractivity contribution in [1.82, 2.24) is 14.9 Å². The Hall–Kier alpha value is -1.42. The van der Waals surface area contributed by atoms with Gasteiger partial charge in [-0.3, -0.25) is 0 Å². The number of H-pyrrole nitrogens is 1. The highest BCUT2D eigenvalue weighted by Gasteiger charge is 2.17. The second-order valence-corrected chi connectivity index (χ2v) is 4.84. The molecular formula is C13H15N3S. The number of rotatable bonds is 1. The fourth-order valence-corrected chi connectivity index (χ4v) is 2.75. The highest BCUT2D eigenvalue weighted by Crippen LogP contribution is 2.20. The molecule has 4 heteroatoms. The molecule has 0 unspecified atom stereocenters. The molecule has 0 spiro atoms. The van der Waals surface area contributed by atoms with Crippen molar-refractivity contribution in [1.29, 1.82) is 0 Å². The Morgan fingerprint density at radius 2 is 2.12 bits per heavy atom. The lowest BCUT2D eigenvalue weighted by molar-refractivity contribution is 0.348. The fourth-order valence-electron chi connectivity index (χ4n) is 2.40. The summed E-state index contributed by atoms with van der Waals surface area (Å²) in [5, 5.41) is 1.13. The number of pyridine rings is 1. The highest BCUT2D eigenvalue weighted by molar-refractivity contribution is 7.80. The number of nitrogens with zero attached hydrogens (tertiary/aromatic N) is 2. The van der Waals surface area contributed by atoms with Gasteiger partial charge >= 0.3 is 0 Å². The van der Waals surface area contributed by atoms with Gasteiger partial charge in [0, 0.05) is 36.4 Å². The lowest BCUT2D eigenvalue weighted by Crippen LogP contribution is -2.34. The van der Waals surface area contributed by atoms with Crippen molar-refractivity contribution in [2.24, 2.45) is 0 Å². The van der Waals surface area contributed by atoms with E-state index in [-0.39, 0.29) is 0 Å². The number of hydrogen-bond donors (Lipinski definition) is 1. The van der Waals surface area contributed by atoms with E-state index in [2.05, 4.69) is 20.9 Å². The number of nitrogens with one attached hydrogen (secondary N) is 1. The summed E-state index contributed by atoms with van der Waals surface area (Å²) in [5.41, 5.74) is 2.03. The maximum Gasteiger partial charge on any atom is 0.137 e. The Labute approximate surface area is 106 Å². The molecule has 0 amide bonds. The third kappa shape index (κ3) is 1.93. The van der Waals surface area contributed by atoms with Gasteiger partial charge in [0.15, 0.2) is 0 Å². The predicted molar refractivity (Wildman–Crippen MR) is 73.2 cm³/mol. The van der Waals surface area contributed by atoms with Crippen LogP contribution in [0.5, 0.6) is 0 Å². The Morgan fingerprint density at radius 3 is 2.94 bits per heavy atom. The zero-order chi connectivity index (χ0) is 11.7. The summed E-state index contributed by atoms with van der Waals surface area (Å²) in [4.78, 5) is 10.8. The molecule has 1 aliphatic heterocycles. The van der Waals surface area contributed by atoms with Crippen molar-refractivity contribution < 1.29 is 0 Å². The molecule has 3 nitrogen and oxygen atoms in total. The van der Waals surface area contributed by atoms with Crippen LogP contribution in [-0.2, 0) is 0 Å². The minimum absolute atomic E-state index is 0.918. The molecule has 1 fully saturated rings. The van der Waals surface area contributed by atoms with E-state index in [1.54, 1.807) is 6.20 Å². The first-order valence-electron chi connectivity index (χ1n) is 6.07. The molecule has 0 radical (unpaired) electrons. The van der Waals surface area contributed by atoms with Crippen molar-refractivity contribution in [3.63, 3.8) is 0 Å². The van der Waals surface area contributed by atoms with E-state index in [0.717, 1.165) is 34.7 Å². The first-order chi connectivity index (χ1) is 8.36. The fraction of sp³-hybridized carbons (Fsp3) is 0.385. The van der Waals surface area contributed by atoms with Crippen molar-refractivity contribution in [2.75, 3.05) is 13.1 Å². The minimum atomic E-state index is 0.918. The second kappa shape index (κ2) is 4.45. The van der Waals surface area contributed by atoms with E-state index >= 15 is 0 Å². The zero-order valence-electron chi connectivity index (χ0n) is 9.65. The normalized spacial score (nSPS) is 16.4. The van der Waals surface area contributed by atoms with Crippen LogP contribution in [0.25, 0.3) is 11.0 Å². The monoisotopic (exact) mass is 245 g/mol. The van der Waals surface area contributed by atoms with Gasteiger partial charge in [0.25, 0.3) is 0 Å². The molecule has 3 heterocycles. The number of hydrogen-bond acceptors (Lipinski definition) is 2. The Bertz CT molecular complexity index is 540. The Morgan fingerprint density at radius 1 is 1.29 bits per heavy atom. The summed E-state index contributed by atoms with van der Waals surface area (Å²) in [6, 6.07) is 4.03. The molecule has 17 heavy (non-hydrogen) atoms. The average Bonchev–Trinajstić information content (AvgIpc) is 2.83. The van der Waals surface area contributed by atoms with Gasteiger partial charge in [-0.2, -0.15) is 0 Å². The van der Waals surface area contributed by atoms with Gasteiger partial charge in [0.05, 0.1) is 0 Å². The summed E-state index contributed by atoms with van der Waals surface area (Å²) in [6.45, 7) is 2.18. The molecule has 1 aliphatic rings. The second-order valence-electron chi connectivity index (χ2n) is 4.45. The molecule has 0 atom stereocenters. The van der Waals surface area contributed by atoms with Crippen LogP contribution in [0.15, 0.2) is 24.5 Å². The molecule has 2 aromatic rings. The van der Waals surface area contributed by atoms with Crippen molar-refractivity contribution in [2.45, 2.75) is 19.3 Å². The molecule has 88 valence electrons. The number of likely N-dealkylation sites (tertiary alicyclic amines) is 1. The molecule has 3 rings (SSSR count). The largest absolute Gasteiger partial charge is 0.362 e. The molecular weight excluding hydrogens is 230 g/mol. The number of thiocarbonyl (C=S) groups is 1. The van der Waals surface area contributed by atoms with Gasteiger partial charge in [-0.15, -0.1) is 0 Å². The van der Waals surface area contributed by atoms with Crippen LogP contribution in [0, 0.1) is 0 Å². The number of aromatic amines is 1. The van der Waals surface area contributed by atoms with E-state index in [9.17, 15) is 0 Å². The highest BCUT2D eigenvalue weighted by atomic mass is 32.1. The van der Waals surface area contributed by atoms with E-state index in [1.807, 2.05) is 12.3 Å². The third-order valence-electron chi connectivity index (χ3n) is 3.32. The van der Waals surface area contributed by atoms with Crippen molar-refractivity contribution >= 4 is 28.2 Å². The lowest BCUT2D eigenvalue weighted by Gasteiger charge is -2.28. The van der Waals surface area contributed by atoms with Crippen molar-refractivity contribution in [3.8, 4) is 0 Å². The number of aromatic nitrogens is 2. The smallest absolute Gasteiger partial charge is 0.137 e. The quantitative estimate of drug-likeness (QED) is 0.784. The van der Waals surface area contributed by atoms with Crippen LogP contribution < -0.4 is 0 Å².